The Balaban J connectivity index is 2.61. The average molecular weight is 269 g/mol. The van der Waals surface area contributed by atoms with Crippen molar-refractivity contribution in [1.29, 1.82) is 0 Å². The number of thiophene rings is 1. The number of methoxy groups -OCH3 is 1. The smallest absolute Gasteiger partial charge is 0.0623 e. The quantitative estimate of drug-likeness (QED) is 0.759. The zero-order valence-corrected chi connectivity index (χ0v) is 13.2. The predicted molar refractivity (Wildman–Crippen MR) is 80.4 cm³/mol. The van der Waals surface area contributed by atoms with E-state index in [-0.39, 0.29) is 5.60 Å². The number of aryl methyl sites for hydroxylation is 1. The van der Waals surface area contributed by atoms with Gasteiger partial charge in [0.1, 0.15) is 0 Å². The van der Waals surface area contributed by atoms with E-state index in [4.69, 9.17) is 4.74 Å². The average Bonchev–Trinajstić information content (AvgIpc) is 2.76. The highest BCUT2D eigenvalue weighted by atomic mass is 32.1. The van der Waals surface area contributed by atoms with Crippen LogP contribution in [-0.2, 0) is 4.74 Å². The normalized spacial score (nSPS) is 13.8. The second-order valence-corrected chi connectivity index (χ2v) is 6.78. The molecule has 1 rings (SSSR count). The molecule has 2 nitrogen and oxygen atoms in total. The fourth-order valence-electron chi connectivity index (χ4n) is 1.90. The van der Waals surface area contributed by atoms with Crippen LogP contribution in [0.2, 0.25) is 0 Å². The number of hydrogen-bond acceptors (Lipinski definition) is 3. The Kier molecular flexibility index (Phi) is 6.33. The first-order chi connectivity index (χ1) is 8.48. The molecule has 1 N–H and O–H groups in total. The molecule has 0 aliphatic carbocycles. The first-order valence-corrected chi connectivity index (χ1v) is 7.65. The van der Waals surface area contributed by atoms with Crippen molar-refractivity contribution in [2.45, 2.75) is 58.6 Å². The van der Waals surface area contributed by atoms with Crippen molar-refractivity contribution in [3.63, 3.8) is 0 Å². The van der Waals surface area contributed by atoms with Gasteiger partial charge in [0.05, 0.1) is 5.60 Å². The summed E-state index contributed by atoms with van der Waals surface area (Å²) in [5, 5.41) is 3.65. The first kappa shape index (κ1) is 15.7. The van der Waals surface area contributed by atoms with E-state index in [9.17, 15) is 0 Å². The van der Waals surface area contributed by atoms with Crippen molar-refractivity contribution < 1.29 is 4.74 Å². The van der Waals surface area contributed by atoms with Gasteiger partial charge in [-0.05, 0) is 58.7 Å². The monoisotopic (exact) mass is 269 g/mol. The molecule has 3 heteroatoms. The number of ether oxygens (including phenoxy) is 1. The van der Waals surface area contributed by atoms with Crippen LogP contribution in [0.1, 0.15) is 55.8 Å². The molecule has 0 radical (unpaired) electrons. The third-order valence-electron chi connectivity index (χ3n) is 3.33. The fraction of sp³-hybridized carbons (Fsp3) is 0.733. The largest absolute Gasteiger partial charge is 0.379 e. The molecule has 0 amide bonds. The van der Waals surface area contributed by atoms with Crippen LogP contribution in [0.5, 0.6) is 0 Å². The minimum absolute atomic E-state index is 0.0293. The molecule has 104 valence electrons. The van der Waals surface area contributed by atoms with Crippen LogP contribution in [0.4, 0.5) is 0 Å². The number of hydrogen-bond donors (Lipinski definition) is 1. The predicted octanol–water partition coefficient (Wildman–Crippen LogP) is 4.30. The van der Waals surface area contributed by atoms with Gasteiger partial charge in [0.25, 0.3) is 0 Å². The molecule has 1 aromatic rings. The molecule has 0 aromatic carbocycles. The van der Waals surface area contributed by atoms with Crippen LogP contribution in [0.3, 0.4) is 0 Å². The summed E-state index contributed by atoms with van der Waals surface area (Å²) in [6.07, 6.45) is 3.37. The van der Waals surface area contributed by atoms with Crippen molar-refractivity contribution in [2.75, 3.05) is 13.7 Å². The third-order valence-corrected chi connectivity index (χ3v) is 4.45. The summed E-state index contributed by atoms with van der Waals surface area (Å²) >= 11 is 1.90. The van der Waals surface area contributed by atoms with Gasteiger partial charge in [0, 0.05) is 22.9 Å². The van der Waals surface area contributed by atoms with Crippen molar-refractivity contribution >= 4 is 11.3 Å². The van der Waals surface area contributed by atoms with Crippen molar-refractivity contribution in [2.24, 2.45) is 0 Å². The Morgan fingerprint density at radius 3 is 2.61 bits per heavy atom. The van der Waals surface area contributed by atoms with Gasteiger partial charge in [-0.2, -0.15) is 0 Å². The lowest BCUT2D eigenvalue weighted by molar-refractivity contribution is 0.0117. The summed E-state index contributed by atoms with van der Waals surface area (Å²) in [5.74, 6) is 0. The lowest BCUT2D eigenvalue weighted by Gasteiger charge is -2.26. The fourth-order valence-corrected chi connectivity index (χ4v) is 2.89. The Labute approximate surface area is 116 Å². The van der Waals surface area contributed by atoms with Gasteiger partial charge >= 0.3 is 0 Å². The van der Waals surface area contributed by atoms with Crippen LogP contribution < -0.4 is 5.32 Å². The van der Waals surface area contributed by atoms with Gasteiger partial charge in [0.2, 0.25) is 0 Å². The van der Waals surface area contributed by atoms with Crippen molar-refractivity contribution in [1.82, 2.24) is 5.32 Å². The Morgan fingerprint density at radius 1 is 1.39 bits per heavy atom. The maximum Gasteiger partial charge on any atom is 0.0623 e. The highest BCUT2D eigenvalue weighted by molar-refractivity contribution is 7.12. The molecule has 1 atom stereocenters. The highest BCUT2D eigenvalue weighted by Gasteiger charge is 2.20. The summed E-state index contributed by atoms with van der Waals surface area (Å²) in [4.78, 5) is 2.84. The minimum Gasteiger partial charge on any atom is -0.379 e. The van der Waals surface area contributed by atoms with E-state index < -0.39 is 0 Å². The van der Waals surface area contributed by atoms with E-state index in [1.165, 1.54) is 16.2 Å². The number of rotatable bonds is 8. The van der Waals surface area contributed by atoms with Crippen LogP contribution >= 0.6 is 11.3 Å². The molecule has 1 heterocycles. The molecule has 0 spiro atoms. The molecule has 0 bridgehead atoms. The van der Waals surface area contributed by atoms with Gasteiger partial charge in [-0.15, -0.1) is 11.3 Å². The number of nitrogens with one attached hydrogen (secondary N) is 1. The molecule has 0 saturated heterocycles. The second kappa shape index (κ2) is 7.27. The Hall–Kier alpha value is -0.380. The lowest BCUT2D eigenvalue weighted by Crippen LogP contribution is -2.27. The van der Waals surface area contributed by atoms with Crippen LogP contribution in [0.25, 0.3) is 0 Å². The topological polar surface area (TPSA) is 21.3 Å². The highest BCUT2D eigenvalue weighted by Crippen LogP contribution is 2.29. The van der Waals surface area contributed by atoms with Crippen molar-refractivity contribution in [3.05, 3.63) is 21.9 Å². The van der Waals surface area contributed by atoms with E-state index in [0.717, 1.165) is 19.4 Å². The Bertz CT molecular complexity index is 346. The van der Waals surface area contributed by atoms with Crippen LogP contribution in [0.15, 0.2) is 12.1 Å². The van der Waals surface area contributed by atoms with E-state index >= 15 is 0 Å². The van der Waals surface area contributed by atoms with Crippen LogP contribution in [0, 0.1) is 6.92 Å². The summed E-state index contributed by atoms with van der Waals surface area (Å²) in [7, 11) is 1.80. The first-order valence-electron chi connectivity index (χ1n) is 6.83. The maximum absolute atomic E-state index is 5.51. The molecule has 1 unspecified atom stereocenters. The SMILES string of the molecule is CCCNC(CCC(C)(C)OC)c1ccc(C)s1. The third kappa shape index (κ3) is 5.09. The molecule has 0 saturated carbocycles. The maximum atomic E-state index is 5.51. The zero-order valence-electron chi connectivity index (χ0n) is 12.4. The van der Waals surface area contributed by atoms with Gasteiger partial charge in [-0.3, -0.25) is 0 Å². The van der Waals surface area contributed by atoms with E-state index in [2.05, 4.69) is 45.1 Å². The van der Waals surface area contributed by atoms with Gasteiger partial charge < -0.3 is 10.1 Å². The molecule has 0 fully saturated rings. The van der Waals surface area contributed by atoms with E-state index in [0.29, 0.717) is 6.04 Å². The molecule has 1 aromatic heterocycles. The van der Waals surface area contributed by atoms with Crippen LogP contribution in [-0.4, -0.2) is 19.3 Å². The summed E-state index contributed by atoms with van der Waals surface area (Å²) in [5.41, 5.74) is -0.0293. The molecule has 0 aliphatic heterocycles. The van der Waals surface area contributed by atoms with Gasteiger partial charge in [-0.25, -0.2) is 0 Å². The minimum atomic E-state index is -0.0293. The molecular formula is C15H27NOS. The van der Waals surface area contributed by atoms with Crippen molar-refractivity contribution in [3.8, 4) is 0 Å². The second-order valence-electron chi connectivity index (χ2n) is 5.46. The van der Waals surface area contributed by atoms with E-state index in [1.54, 1.807) is 7.11 Å². The summed E-state index contributed by atoms with van der Waals surface area (Å²) in [6, 6.07) is 4.94. The Morgan fingerprint density at radius 2 is 2.11 bits per heavy atom. The molecule has 0 aliphatic rings. The molecular weight excluding hydrogens is 242 g/mol. The van der Waals surface area contributed by atoms with E-state index in [1.807, 2.05) is 11.3 Å². The summed E-state index contributed by atoms with van der Waals surface area (Å²) in [6.45, 7) is 9.77. The lowest BCUT2D eigenvalue weighted by atomic mass is 9.98. The zero-order chi connectivity index (χ0) is 13.6. The van der Waals surface area contributed by atoms with Gasteiger partial charge in [0.15, 0.2) is 0 Å². The standard InChI is InChI=1S/C15H27NOS/c1-6-11-16-13(9-10-15(3,4)17-5)14-8-7-12(2)18-14/h7-8,13,16H,6,9-11H2,1-5H3. The van der Waals surface area contributed by atoms with Gasteiger partial charge in [-0.1, -0.05) is 6.92 Å². The summed E-state index contributed by atoms with van der Waals surface area (Å²) < 4.78 is 5.51. The molecule has 18 heavy (non-hydrogen) atoms.